The molecule has 6 nitrogen and oxygen atoms in total. The number of alkyl halides is 3. The third-order valence-corrected chi connectivity index (χ3v) is 6.43. The van der Waals surface area contributed by atoms with E-state index in [4.69, 9.17) is 9.90 Å². The van der Waals surface area contributed by atoms with Gasteiger partial charge in [0.15, 0.2) is 0 Å². The fourth-order valence-electron chi connectivity index (χ4n) is 4.87. The van der Waals surface area contributed by atoms with E-state index < -0.39 is 12.1 Å². The first kappa shape index (κ1) is 22.7. The Hall–Kier alpha value is -3.49. The summed E-state index contributed by atoms with van der Waals surface area (Å²) in [6.07, 6.45) is 7.72. The number of fused-ring (bicyclic) bond motifs is 2. The number of pyridine rings is 1. The van der Waals surface area contributed by atoms with Crippen molar-refractivity contribution in [2.45, 2.75) is 36.8 Å². The van der Waals surface area contributed by atoms with Crippen molar-refractivity contribution in [2.24, 2.45) is 0 Å². The molecule has 3 aromatic rings. The average Bonchev–Trinajstić information content (AvgIpc) is 3.15. The van der Waals surface area contributed by atoms with Crippen LogP contribution in [0.15, 0.2) is 67.4 Å². The third-order valence-electron chi connectivity index (χ3n) is 6.43. The van der Waals surface area contributed by atoms with Crippen LogP contribution < -0.4 is 4.90 Å². The molecule has 2 aromatic heterocycles. The van der Waals surface area contributed by atoms with Crippen molar-refractivity contribution in [2.75, 3.05) is 18.0 Å². The zero-order valence-electron chi connectivity index (χ0n) is 17.7. The van der Waals surface area contributed by atoms with Crippen molar-refractivity contribution < 1.29 is 23.1 Å². The van der Waals surface area contributed by atoms with E-state index >= 15 is 0 Å². The number of carboxylic acid groups (broad SMARTS) is 1. The Morgan fingerprint density at radius 1 is 1.00 bits per heavy atom. The first-order valence-corrected chi connectivity index (χ1v) is 10.6. The van der Waals surface area contributed by atoms with E-state index in [0.29, 0.717) is 5.92 Å². The molecule has 1 unspecified atom stereocenters. The van der Waals surface area contributed by atoms with Crippen LogP contribution in [0.2, 0.25) is 0 Å². The molecule has 33 heavy (non-hydrogen) atoms. The van der Waals surface area contributed by atoms with Gasteiger partial charge in [0.2, 0.25) is 0 Å². The molecule has 0 bridgehead atoms. The molecule has 3 heterocycles. The lowest BCUT2D eigenvalue weighted by Crippen LogP contribution is -2.42. The SMILES string of the molecule is O=C(O)C(F)(F)F.c1cncc(C2CC3(CCN(c4cnccn4)CC3)c3ccccc32)c1. The number of carbonyl (C=O) groups is 1. The molecule has 2 aliphatic rings. The van der Waals surface area contributed by atoms with Gasteiger partial charge in [0.05, 0.1) is 6.20 Å². The van der Waals surface area contributed by atoms with Crippen LogP contribution in [-0.2, 0) is 10.2 Å². The second kappa shape index (κ2) is 9.17. The van der Waals surface area contributed by atoms with E-state index in [0.717, 1.165) is 31.7 Å². The molecule has 0 radical (unpaired) electrons. The molecule has 1 fully saturated rings. The normalized spacial score (nSPS) is 18.9. The minimum absolute atomic E-state index is 0.274. The van der Waals surface area contributed by atoms with Gasteiger partial charge in [-0.25, -0.2) is 9.78 Å². The van der Waals surface area contributed by atoms with Crippen LogP contribution >= 0.6 is 0 Å². The molecule has 1 aliphatic heterocycles. The summed E-state index contributed by atoms with van der Waals surface area (Å²) in [4.78, 5) is 24.3. The zero-order valence-corrected chi connectivity index (χ0v) is 17.7. The summed E-state index contributed by atoms with van der Waals surface area (Å²) in [7, 11) is 0. The number of aliphatic carboxylic acids is 1. The summed E-state index contributed by atoms with van der Waals surface area (Å²) in [6, 6.07) is 13.3. The van der Waals surface area contributed by atoms with Crippen LogP contribution in [0.1, 0.15) is 41.9 Å². The van der Waals surface area contributed by atoms with Gasteiger partial charge >= 0.3 is 12.1 Å². The van der Waals surface area contributed by atoms with Gasteiger partial charge in [-0.2, -0.15) is 13.2 Å². The fourth-order valence-corrected chi connectivity index (χ4v) is 4.87. The van der Waals surface area contributed by atoms with Gasteiger partial charge in [0.1, 0.15) is 5.82 Å². The Morgan fingerprint density at radius 3 is 2.30 bits per heavy atom. The van der Waals surface area contributed by atoms with Gasteiger partial charge in [0.25, 0.3) is 0 Å². The molecular weight excluding hydrogens is 433 g/mol. The van der Waals surface area contributed by atoms with Crippen molar-refractivity contribution in [3.8, 4) is 0 Å². The van der Waals surface area contributed by atoms with Crippen LogP contribution in [0.4, 0.5) is 19.0 Å². The summed E-state index contributed by atoms with van der Waals surface area (Å²) in [5.41, 5.74) is 4.66. The van der Waals surface area contributed by atoms with Gasteiger partial charge in [-0.05, 0) is 47.4 Å². The molecule has 1 aromatic carbocycles. The Bertz CT molecular complexity index is 1090. The quantitative estimate of drug-likeness (QED) is 0.608. The third kappa shape index (κ3) is 4.81. The molecule has 172 valence electrons. The standard InChI is InChI=1S/C22H22N4.C2HF3O2/c1-2-6-20-18(5-1)19(17-4-3-9-23-15-17)14-22(20)7-12-26(13-8-22)21-16-24-10-11-25-21;3-2(4,5)1(6)7/h1-6,9-11,15-16,19H,7-8,12-14H2;(H,6,7). The zero-order chi connectivity index (χ0) is 23.5. The second-order valence-electron chi connectivity index (χ2n) is 8.26. The highest BCUT2D eigenvalue weighted by atomic mass is 19.4. The number of hydrogen-bond donors (Lipinski definition) is 1. The summed E-state index contributed by atoms with van der Waals surface area (Å²) in [5.74, 6) is -1.30. The number of benzene rings is 1. The molecular formula is C24H23F3N4O2. The summed E-state index contributed by atoms with van der Waals surface area (Å²) in [6.45, 7) is 2.07. The lowest BCUT2D eigenvalue weighted by molar-refractivity contribution is -0.192. The van der Waals surface area contributed by atoms with Crippen molar-refractivity contribution in [1.82, 2.24) is 15.0 Å². The van der Waals surface area contributed by atoms with E-state index in [1.807, 2.05) is 18.6 Å². The topological polar surface area (TPSA) is 79.2 Å². The summed E-state index contributed by atoms with van der Waals surface area (Å²) >= 11 is 0. The average molecular weight is 456 g/mol. The van der Waals surface area contributed by atoms with Gasteiger partial charge in [-0.1, -0.05) is 30.3 Å². The lowest BCUT2D eigenvalue weighted by atomic mass is 9.73. The highest BCUT2D eigenvalue weighted by Gasteiger charge is 2.45. The summed E-state index contributed by atoms with van der Waals surface area (Å²) in [5, 5.41) is 7.12. The molecule has 1 spiro atoms. The van der Waals surface area contributed by atoms with Crippen molar-refractivity contribution in [3.05, 3.63) is 84.1 Å². The van der Waals surface area contributed by atoms with Gasteiger partial charge in [-0.3, -0.25) is 9.97 Å². The second-order valence-corrected chi connectivity index (χ2v) is 8.26. The van der Waals surface area contributed by atoms with Crippen LogP contribution in [-0.4, -0.2) is 45.3 Å². The molecule has 1 aliphatic carbocycles. The highest BCUT2D eigenvalue weighted by Crippen LogP contribution is 2.53. The monoisotopic (exact) mass is 456 g/mol. The fraction of sp³-hybridized carbons (Fsp3) is 0.333. The van der Waals surface area contributed by atoms with E-state index in [9.17, 15) is 13.2 Å². The van der Waals surface area contributed by atoms with Crippen LogP contribution in [0, 0.1) is 0 Å². The van der Waals surface area contributed by atoms with Gasteiger partial charge in [-0.15, -0.1) is 0 Å². The Labute approximate surface area is 189 Å². The van der Waals surface area contributed by atoms with E-state index in [1.54, 1.807) is 18.0 Å². The van der Waals surface area contributed by atoms with Gasteiger partial charge in [0, 0.05) is 43.8 Å². The number of anilines is 1. The van der Waals surface area contributed by atoms with Crippen LogP contribution in [0.3, 0.4) is 0 Å². The highest BCUT2D eigenvalue weighted by molar-refractivity contribution is 5.73. The maximum Gasteiger partial charge on any atom is 0.490 e. The largest absolute Gasteiger partial charge is 0.490 e. The molecule has 1 saturated heterocycles. The minimum Gasteiger partial charge on any atom is -0.475 e. The van der Waals surface area contributed by atoms with Crippen molar-refractivity contribution >= 4 is 11.8 Å². The Morgan fingerprint density at radius 2 is 1.70 bits per heavy atom. The molecule has 9 heteroatoms. The number of hydrogen-bond acceptors (Lipinski definition) is 5. The predicted octanol–water partition coefficient (Wildman–Crippen LogP) is 4.58. The van der Waals surface area contributed by atoms with Crippen molar-refractivity contribution in [3.63, 3.8) is 0 Å². The smallest absolute Gasteiger partial charge is 0.475 e. The molecule has 0 saturated carbocycles. The van der Waals surface area contributed by atoms with Crippen LogP contribution in [0.25, 0.3) is 0 Å². The van der Waals surface area contributed by atoms with E-state index in [2.05, 4.69) is 56.3 Å². The van der Waals surface area contributed by atoms with Crippen LogP contribution in [0.5, 0.6) is 0 Å². The summed E-state index contributed by atoms with van der Waals surface area (Å²) < 4.78 is 31.7. The predicted molar refractivity (Wildman–Crippen MR) is 116 cm³/mol. The molecule has 0 amide bonds. The number of piperidine rings is 1. The minimum atomic E-state index is -5.08. The number of aromatic nitrogens is 3. The number of halogens is 3. The maximum atomic E-state index is 10.6. The first-order valence-electron chi connectivity index (χ1n) is 10.6. The molecule has 1 N–H and O–H groups in total. The first-order chi connectivity index (χ1) is 15.8. The Kier molecular flexibility index (Phi) is 6.31. The molecule has 1 atom stereocenters. The number of nitrogens with zero attached hydrogens (tertiary/aromatic N) is 4. The Balaban J connectivity index is 0.000000325. The van der Waals surface area contributed by atoms with Gasteiger partial charge < -0.3 is 10.0 Å². The number of carboxylic acids is 1. The molecule has 5 rings (SSSR count). The van der Waals surface area contributed by atoms with E-state index in [-0.39, 0.29) is 5.41 Å². The maximum absolute atomic E-state index is 10.6. The van der Waals surface area contributed by atoms with Crippen molar-refractivity contribution in [1.29, 1.82) is 0 Å². The number of rotatable bonds is 2. The lowest BCUT2D eigenvalue weighted by Gasteiger charge is -2.40. The van der Waals surface area contributed by atoms with E-state index in [1.165, 1.54) is 17.5 Å².